The summed E-state index contributed by atoms with van der Waals surface area (Å²) >= 11 is 2.83. The van der Waals surface area contributed by atoms with Gasteiger partial charge in [0.1, 0.15) is 10.6 Å². The number of carbonyl (C=O) groups excluding carboxylic acids is 1. The molecule has 1 aliphatic carbocycles. The Morgan fingerprint density at radius 2 is 2.03 bits per heavy atom. The van der Waals surface area contributed by atoms with Gasteiger partial charge < -0.3 is 9.26 Å². The number of amides is 1. The zero-order valence-electron chi connectivity index (χ0n) is 18.9. The lowest BCUT2D eigenvalue weighted by molar-refractivity contribution is -0.113. The van der Waals surface area contributed by atoms with Crippen LogP contribution in [0.2, 0.25) is 0 Å². The van der Waals surface area contributed by atoms with E-state index in [0.717, 1.165) is 36.1 Å². The fourth-order valence-electron chi connectivity index (χ4n) is 4.15. The Morgan fingerprint density at radius 3 is 2.76 bits per heavy atom. The first-order chi connectivity index (χ1) is 16.5. The van der Waals surface area contributed by atoms with Crippen molar-refractivity contribution in [1.82, 2.24) is 14.7 Å². The molecule has 0 aliphatic heterocycles. The largest absolute Gasteiger partial charge is 0.497 e. The van der Waals surface area contributed by atoms with Gasteiger partial charge in [0.2, 0.25) is 11.8 Å². The van der Waals surface area contributed by atoms with Gasteiger partial charge in [0.15, 0.2) is 5.16 Å². The molecule has 3 heterocycles. The predicted octanol–water partition coefficient (Wildman–Crippen LogP) is 4.75. The molecule has 0 spiro atoms. The summed E-state index contributed by atoms with van der Waals surface area (Å²) in [7, 11) is 1.60. The summed E-state index contributed by atoms with van der Waals surface area (Å²) in [5, 5.41) is 7.65. The monoisotopic (exact) mass is 496 g/mol. The molecule has 0 unspecified atom stereocenters. The molecule has 4 aromatic rings. The Morgan fingerprint density at radius 1 is 1.24 bits per heavy atom. The van der Waals surface area contributed by atoms with Crippen molar-refractivity contribution in [2.45, 2.75) is 44.2 Å². The molecule has 176 valence electrons. The summed E-state index contributed by atoms with van der Waals surface area (Å²) in [6.45, 7) is 1.78. The first kappa shape index (κ1) is 22.7. The molecule has 0 saturated carbocycles. The molecular weight excluding hydrogens is 472 g/mol. The van der Waals surface area contributed by atoms with Crippen LogP contribution in [0.1, 0.15) is 35.4 Å². The molecule has 0 bridgehead atoms. The summed E-state index contributed by atoms with van der Waals surface area (Å²) in [4.78, 5) is 33.3. The number of hydrogen-bond acceptors (Lipinski definition) is 8. The highest BCUT2D eigenvalue weighted by Crippen LogP contribution is 2.34. The molecule has 0 radical (unpaired) electrons. The lowest BCUT2D eigenvalue weighted by Gasteiger charge is -2.13. The number of hydrogen-bond donors (Lipinski definition) is 1. The minimum atomic E-state index is -0.265. The second-order valence-electron chi connectivity index (χ2n) is 8.15. The number of rotatable bonds is 6. The summed E-state index contributed by atoms with van der Waals surface area (Å²) in [6.07, 6.45) is 5.28. The number of ether oxygens (including phenoxy) is 1. The fourth-order valence-corrected chi connectivity index (χ4v) is 6.26. The number of methoxy groups -OCH3 is 1. The Kier molecular flexibility index (Phi) is 6.42. The van der Waals surface area contributed by atoms with Gasteiger partial charge in [-0.1, -0.05) is 23.3 Å². The van der Waals surface area contributed by atoms with Crippen LogP contribution in [0.5, 0.6) is 5.75 Å². The van der Waals surface area contributed by atoms with E-state index in [0.29, 0.717) is 33.6 Å². The number of fused-ring (bicyclic) bond motifs is 3. The van der Waals surface area contributed by atoms with Crippen LogP contribution in [0, 0.1) is 6.92 Å². The van der Waals surface area contributed by atoms with Gasteiger partial charge in [-0.3, -0.25) is 19.5 Å². The van der Waals surface area contributed by atoms with Gasteiger partial charge in [0, 0.05) is 10.9 Å². The minimum absolute atomic E-state index is 0.0684. The van der Waals surface area contributed by atoms with Crippen molar-refractivity contribution in [1.29, 1.82) is 0 Å². The number of nitrogens with one attached hydrogen (secondary N) is 1. The van der Waals surface area contributed by atoms with E-state index in [1.54, 1.807) is 36.0 Å². The highest BCUT2D eigenvalue weighted by molar-refractivity contribution is 7.99. The van der Waals surface area contributed by atoms with E-state index < -0.39 is 0 Å². The molecule has 0 saturated heterocycles. The van der Waals surface area contributed by atoms with E-state index in [2.05, 4.69) is 10.5 Å². The minimum Gasteiger partial charge on any atom is -0.497 e. The van der Waals surface area contributed by atoms with Crippen LogP contribution < -0.4 is 15.6 Å². The highest BCUT2D eigenvalue weighted by atomic mass is 32.2. The highest BCUT2D eigenvalue weighted by Gasteiger charge is 2.23. The van der Waals surface area contributed by atoms with Gasteiger partial charge in [-0.15, -0.1) is 11.3 Å². The Labute approximate surface area is 204 Å². The lowest BCUT2D eigenvalue weighted by atomic mass is 10.1. The SMILES string of the molecule is COc1ccc(-n2c(SCC(=O)Nc3cc(C)no3)nc3sc4c(c3c2=O)CCCCC4)cc1. The van der Waals surface area contributed by atoms with Crippen LogP contribution in [-0.4, -0.2) is 33.5 Å². The molecule has 1 aliphatic rings. The van der Waals surface area contributed by atoms with Crippen molar-refractivity contribution in [3.63, 3.8) is 0 Å². The van der Waals surface area contributed by atoms with E-state index >= 15 is 0 Å². The van der Waals surface area contributed by atoms with Crippen molar-refractivity contribution >= 4 is 45.1 Å². The van der Waals surface area contributed by atoms with Crippen molar-refractivity contribution < 1.29 is 14.1 Å². The number of anilines is 1. The number of thioether (sulfide) groups is 1. The van der Waals surface area contributed by atoms with E-state index in [4.69, 9.17) is 14.2 Å². The molecule has 10 heteroatoms. The van der Waals surface area contributed by atoms with Crippen LogP contribution >= 0.6 is 23.1 Å². The summed E-state index contributed by atoms with van der Waals surface area (Å²) < 4.78 is 11.9. The van der Waals surface area contributed by atoms with Gasteiger partial charge in [0.05, 0.1) is 29.6 Å². The van der Waals surface area contributed by atoms with Crippen molar-refractivity contribution in [2.75, 3.05) is 18.2 Å². The first-order valence-corrected chi connectivity index (χ1v) is 12.9. The Bertz CT molecular complexity index is 1410. The fraction of sp³-hybridized carbons (Fsp3) is 0.333. The molecule has 1 aromatic carbocycles. The van der Waals surface area contributed by atoms with Crippen LogP contribution in [-0.2, 0) is 17.6 Å². The third-order valence-corrected chi connectivity index (χ3v) is 7.89. The molecule has 8 nitrogen and oxygen atoms in total. The number of benzene rings is 1. The smallest absolute Gasteiger partial charge is 0.267 e. The molecule has 0 atom stereocenters. The number of nitrogens with zero attached hydrogens (tertiary/aromatic N) is 3. The van der Waals surface area contributed by atoms with E-state index in [-0.39, 0.29) is 17.2 Å². The summed E-state index contributed by atoms with van der Waals surface area (Å²) in [5.74, 6) is 0.796. The Hall–Kier alpha value is -3.11. The second kappa shape index (κ2) is 9.63. The van der Waals surface area contributed by atoms with E-state index in [1.807, 2.05) is 24.3 Å². The summed E-state index contributed by atoms with van der Waals surface area (Å²) in [6, 6.07) is 8.94. The maximum absolute atomic E-state index is 13.8. The number of aryl methyl sites for hydroxylation is 3. The van der Waals surface area contributed by atoms with Crippen molar-refractivity contribution in [2.24, 2.45) is 0 Å². The second-order valence-corrected chi connectivity index (χ2v) is 10.2. The van der Waals surface area contributed by atoms with Gasteiger partial charge in [0.25, 0.3) is 5.56 Å². The van der Waals surface area contributed by atoms with E-state index in [9.17, 15) is 9.59 Å². The maximum atomic E-state index is 13.8. The number of aromatic nitrogens is 3. The lowest BCUT2D eigenvalue weighted by Crippen LogP contribution is -2.23. The van der Waals surface area contributed by atoms with Crippen LogP contribution in [0.25, 0.3) is 15.9 Å². The number of carbonyl (C=O) groups is 1. The zero-order valence-corrected chi connectivity index (χ0v) is 20.6. The quantitative estimate of drug-likeness (QED) is 0.234. The molecule has 34 heavy (non-hydrogen) atoms. The van der Waals surface area contributed by atoms with Gasteiger partial charge in [-0.05, 0) is 62.4 Å². The standard InChI is InChI=1S/C24H24N4O4S2/c1-14-12-20(32-27-14)25-19(29)13-33-24-26-22-21(17-6-4-3-5-7-18(17)34-22)23(30)28(24)15-8-10-16(31-2)11-9-15/h8-12H,3-7,13H2,1-2H3,(H,25,29). The van der Waals surface area contributed by atoms with Crippen molar-refractivity contribution in [3.05, 3.63) is 56.8 Å². The third-order valence-electron chi connectivity index (χ3n) is 5.76. The van der Waals surface area contributed by atoms with Crippen molar-refractivity contribution in [3.8, 4) is 11.4 Å². The summed E-state index contributed by atoms with van der Waals surface area (Å²) in [5.41, 5.74) is 2.42. The van der Waals surface area contributed by atoms with Crippen LogP contribution in [0.15, 0.2) is 44.8 Å². The molecular formula is C24H24N4O4S2. The Balaban J connectivity index is 1.54. The molecule has 0 fully saturated rings. The first-order valence-electron chi connectivity index (χ1n) is 11.1. The predicted molar refractivity (Wildman–Crippen MR) is 134 cm³/mol. The number of thiophene rings is 1. The average Bonchev–Trinajstić information content (AvgIpc) is 3.32. The zero-order chi connectivity index (χ0) is 23.7. The van der Waals surface area contributed by atoms with Gasteiger partial charge in [-0.2, -0.15) is 0 Å². The average molecular weight is 497 g/mol. The molecule has 1 amide bonds. The molecule has 3 aromatic heterocycles. The van der Waals surface area contributed by atoms with E-state index in [1.165, 1.54) is 23.1 Å². The third kappa shape index (κ3) is 4.47. The normalized spacial score (nSPS) is 13.5. The topological polar surface area (TPSA) is 99.2 Å². The maximum Gasteiger partial charge on any atom is 0.267 e. The van der Waals surface area contributed by atoms with Gasteiger partial charge >= 0.3 is 0 Å². The van der Waals surface area contributed by atoms with Gasteiger partial charge in [-0.25, -0.2) is 4.98 Å². The van der Waals surface area contributed by atoms with Crippen LogP contribution in [0.3, 0.4) is 0 Å². The van der Waals surface area contributed by atoms with Crippen LogP contribution in [0.4, 0.5) is 5.88 Å². The molecule has 1 N–H and O–H groups in total. The molecule has 5 rings (SSSR count).